The van der Waals surface area contributed by atoms with Crippen molar-refractivity contribution in [3.05, 3.63) is 41.2 Å². The van der Waals surface area contributed by atoms with E-state index in [0.29, 0.717) is 43.2 Å². The van der Waals surface area contributed by atoms with Crippen molar-refractivity contribution < 1.29 is 17.6 Å². The summed E-state index contributed by atoms with van der Waals surface area (Å²) in [6.07, 6.45) is 0.736. The van der Waals surface area contributed by atoms with Crippen molar-refractivity contribution in [2.45, 2.75) is 34.1 Å². The topological polar surface area (TPSA) is 70.1 Å². The highest BCUT2D eigenvalue weighted by molar-refractivity contribution is 8.00. The Labute approximate surface area is 165 Å². The second kappa shape index (κ2) is 7.31. The van der Waals surface area contributed by atoms with Gasteiger partial charge in [-0.15, -0.1) is 4.40 Å². The number of halogens is 1. The molecule has 1 fully saturated rings. The van der Waals surface area contributed by atoms with Crippen LogP contribution in [-0.4, -0.2) is 56.1 Å². The minimum Gasteiger partial charge on any atom is -0.354 e. The van der Waals surface area contributed by atoms with Gasteiger partial charge in [0.15, 0.2) is 0 Å². The molecule has 0 N–H and O–H groups in total. The van der Waals surface area contributed by atoms with Gasteiger partial charge in [-0.3, -0.25) is 4.79 Å². The minimum atomic E-state index is -3.84. The maximum Gasteiger partial charge on any atom is 0.285 e. The zero-order chi connectivity index (χ0) is 20.7. The number of amidine groups is 1. The number of amides is 1. The van der Waals surface area contributed by atoms with Crippen LogP contribution < -0.4 is 0 Å². The first-order valence-corrected chi connectivity index (χ1v) is 10.8. The van der Waals surface area contributed by atoms with E-state index in [1.165, 1.54) is 24.3 Å². The van der Waals surface area contributed by atoms with Gasteiger partial charge in [0.2, 0.25) is 5.91 Å². The SMILES string of the molecule is CC1=C(c2ccc(F)cc2)S(=O)(=O)N=C1N1CCCN(C(=O)C(C)(C)C)CC1. The van der Waals surface area contributed by atoms with Crippen LogP contribution in [0.15, 0.2) is 34.2 Å². The summed E-state index contributed by atoms with van der Waals surface area (Å²) in [4.78, 5) is 16.5. The van der Waals surface area contributed by atoms with Crippen molar-refractivity contribution in [2.75, 3.05) is 26.2 Å². The number of sulfonamides is 1. The third-order valence-corrected chi connectivity index (χ3v) is 6.44. The lowest BCUT2D eigenvalue weighted by atomic mass is 9.94. The molecule has 1 aromatic carbocycles. The van der Waals surface area contributed by atoms with E-state index in [2.05, 4.69) is 4.40 Å². The van der Waals surface area contributed by atoms with Crippen LogP contribution in [0.4, 0.5) is 4.39 Å². The van der Waals surface area contributed by atoms with Gasteiger partial charge in [0.25, 0.3) is 10.0 Å². The van der Waals surface area contributed by atoms with Gasteiger partial charge in [-0.05, 0) is 31.0 Å². The molecule has 2 aliphatic heterocycles. The maximum atomic E-state index is 13.2. The number of rotatable bonds is 1. The molecule has 3 rings (SSSR count). The summed E-state index contributed by atoms with van der Waals surface area (Å²) < 4.78 is 42.6. The molecule has 0 unspecified atom stereocenters. The summed E-state index contributed by atoms with van der Waals surface area (Å²) in [6, 6.07) is 5.39. The fourth-order valence-corrected chi connectivity index (χ4v) is 5.07. The number of nitrogens with zero attached hydrogens (tertiary/aromatic N) is 3. The molecule has 0 saturated carbocycles. The lowest BCUT2D eigenvalue weighted by Gasteiger charge is -2.28. The molecule has 0 atom stereocenters. The van der Waals surface area contributed by atoms with Crippen LogP contribution in [-0.2, 0) is 14.8 Å². The molecule has 2 aliphatic rings. The van der Waals surface area contributed by atoms with Gasteiger partial charge < -0.3 is 9.80 Å². The Kier molecular flexibility index (Phi) is 5.36. The number of hydrogen-bond donors (Lipinski definition) is 0. The quantitative estimate of drug-likeness (QED) is 0.718. The molecular weight excluding hydrogens is 381 g/mol. The molecule has 0 radical (unpaired) electrons. The van der Waals surface area contributed by atoms with Crippen molar-refractivity contribution in [3.8, 4) is 0 Å². The highest BCUT2D eigenvalue weighted by Gasteiger charge is 2.35. The van der Waals surface area contributed by atoms with Gasteiger partial charge in [-0.2, -0.15) is 8.42 Å². The summed E-state index contributed by atoms with van der Waals surface area (Å²) >= 11 is 0. The average molecular weight is 408 g/mol. The van der Waals surface area contributed by atoms with E-state index in [4.69, 9.17) is 0 Å². The highest BCUT2D eigenvalue weighted by atomic mass is 32.2. The first-order chi connectivity index (χ1) is 13.0. The van der Waals surface area contributed by atoms with E-state index in [9.17, 15) is 17.6 Å². The lowest BCUT2D eigenvalue weighted by Crippen LogP contribution is -2.42. The number of hydrogen-bond acceptors (Lipinski definition) is 4. The zero-order valence-electron chi connectivity index (χ0n) is 16.7. The molecule has 1 saturated heterocycles. The Hall–Kier alpha value is -2.22. The summed E-state index contributed by atoms with van der Waals surface area (Å²) in [5.41, 5.74) is 0.536. The lowest BCUT2D eigenvalue weighted by molar-refractivity contribution is -0.139. The summed E-state index contributed by atoms with van der Waals surface area (Å²) in [6.45, 7) is 9.72. The summed E-state index contributed by atoms with van der Waals surface area (Å²) in [5, 5.41) is 0. The van der Waals surface area contributed by atoms with Gasteiger partial charge in [0, 0.05) is 37.2 Å². The van der Waals surface area contributed by atoms with Crippen LogP contribution in [0.25, 0.3) is 4.91 Å². The van der Waals surface area contributed by atoms with Crippen molar-refractivity contribution in [1.29, 1.82) is 0 Å². The number of carbonyl (C=O) groups is 1. The third kappa shape index (κ3) is 3.97. The first-order valence-electron chi connectivity index (χ1n) is 9.37. The number of benzene rings is 1. The molecule has 6 nitrogen and oxygen atoms in total. The molecule has 2 heterocycles. The van der Waals surface area contributed by atoms with Gasteiger partial charge in [-0.1, -0.05) is 32.9 Å². The van der Waals surface area contributed by atoms with Crippen molar-refractivity contribution >= 4 is 26.7 Å². The van der Waals surface area contributed by atoms with Gasteiger partial charge in [-0.25, -0.2) is 4.39 Å². The fourth-order valence-electron chi connectivity index (χ4n) is 3.59. The monoisotopic (exact) mass is 407 g/mol. The fraction of sp³-hybridized carbons (Fsp3) is 0.500. The Balaban J connectivity index is 1.86. The predicted octanol–water partition coefficient (Wildman–Crippen LogP) is 2.88. The second-order valence-corrected chi connectivity index (χ2v) is 9.77. The minimum absolute atomic E-state index is 0.0922. The summed E-state index contributed by atoms with van der Waals surface area (Å²) in [5.74, 6) is 0.0913. The Bertz CT molecular complexity index is 944. The van der Waals surface area contributed by atoms with Crippen molar-refractivity contribution in [1.82, 2.24) is 9.80 Å². The third-order valence-electron chi connectivity index (χ3n) is 4.97. The Morgan fingerprint density at radius 1 is 1.07 bits per heavy atom. The van der Waals surface area contributed by atoms with E-state index in [1.807, 2.05) is 30.6 Å². The molecule has 0 spiro atoms. The standard InChI is InChI=1S/C20H26FN3O3S/c1-14-17(15-6-8-16(21)9-7-15)28(26,27)22-18(14)23-10-5-11-24(13-12-23)19(25)20(2,3)4/h6-9H,5,10-13H2,1-4H3. The van der Waals surface area contributed by atoms with Gasteiger partial charge in [0.1, 0.15) is 16.6 Å². The normalized spacial score (nSPS) is 20.2. The molecule has 0 aliphatic carbocycles. The van der Waals surface area contributed by atoms with E-state index in [0.717, 1.165) is 6.42 Å². The highest BCUT2D eigenvalue weighted by Crippen LogP contribution is 2.34. The number of carbonyl (C=O) groups excluding carboxylic acids is 1. The first kappa shape index (κ1) is 20.5. The molecule has 1 aromatic rings. The predicted molar refractivity (Wildman–Crippen MR) is 108 cm³/mol. The van der Waals surface area contributed by atoms with Crippen LogP contribution in [0.3, 0.4) is 0 Å². The Morgan fingerprint density at radius 3 is 2.32 bits per heavy atom. The van der Waals surface area contributed by atoms with Crippen LogP contribution in [0, 0.1) is 11.2 Å². The van der Waals surface area contributed by atoms with E-state index >= 15 is 0 Å². The molecule has 0 aromatic heterocycles. The summed E-state index contributed by atoms with van der Waals surface area (Å²) in [7, 11) is -3.84. The van der Waals surface area contributed by atoms with E-state index in [1.54, 1.807) is 6.92 Å². The van der Waals surface area contributed by atoms with Crippen LogP contribution in [0.1, 0.15) is 39.7 Å². The molecule has 8 heteroatoms. The molecule has 152 valence electrons. The van der Waals surface area contributed by atoms with Crippen molar-refractivity contribution in [2.24, 2.45) is 9.81 Å². The van der Waals surface area contributed by atoms with Crippen LogP contribution >= 0.6 is 0 Å². The van der Waals surface area contributed by atoms with Gasteiger partial charge >= 0.3 is 0 Å². The largest absolute Gasteiger partial charge is 0.354 e. The van der Waals surface area contributed by atoms with Crippen LogP contribution in [0.2, 0.25) is 0 Å². The van der Waals surface area contributed by atoms with Crippen molar-refractivity contribution in [3.63, 3.8) is 0 Å². The molecule has 1 amide bonds. The smallest absolute Gasteiger partial charge is 0.285 e. The van der Waals surface area contributed by atoms with Crippen LogP contribution in [0.5, 0.6) is 0 Å². The zero-order valence-corrected chi connectivity index (χ0v) is 17.5. The van der Waals surface area contributed by atoms with Gasteiger partial charge in [0.05, 0.1) is 0 Å². The second-order valence-electron chi connectivity index (χ2n) is 8.23. The molecule has 0 bridgehead atoms. The molecule has 28 heavy (non-hydrogen) atoms. The average Bonchev–Trinajstić information content (AvgIpc) is 2.77. The van der Waals surface area contributed by atoms with E-state index in [-0.39, 0.29) is 10.8 Å². The van der Waals surface area contributed by atoms with E-state index < -0.39 is 21.3 Å². The molecular formula is C20H26FN3O3S. The maximum absolute atomic E-state index is 13.2. The Morgan fingerprint density at radius 2 is 1.71 bits per heavy atom.